The Morgan fingerprint density at radius 1 is 1.28 bits per heavy atom. The topological polar surface area (TPSA) is 38.0 Å². The number of rotatable bonds is 3. The molecule has 0 spiro atoms. The third-order valence-corrected chi connectivity index (χ3v) is 3.66. The van der Waals surface area contributed by atoms with Gasteiger partial charge >= 0.3 is 0 Å². The predicted molar refractivity (Wildman–Crippen MR) is 72.4 cm³/mol. The van der Waals surface area contributed by atoms with Gasteiger partial charge in [-0.3, -0.25) is 5.84 Å². The maximum Gasteiger partial charge on any atom is 0.123 e. The van der Waals surface area contributed by atoms with E-state index in [0.29, 0.717) is 0 Å². The third-order valence-electron chi connectivity index (χ3n) is 3.66. The summed E-state index contributed by atoms with van der Waals surface area (Å²) in [7, 11) is 0. The summed E-state index contributed by atoms with van der Waals surface area (Å²) < 4.78 is 13.2. The molecule has 0 saturated carbocycles. The van der Waals surface area contributed by atoms with Crippen LogP contribution >= 0.6 is 0 Å². The Labute approximate surface area is 108 Å². The fourth-order valence-electron chi connectivity index (χ4n) is 2.66. The molecule has 1 unspecified atom stereocenters. The molecule has 0 saturated heterocycles. The number of nitrogens with two attached hydrogens (primary N) is 1. The van der Waals surface area contributed by atoms with Gasteiger partial charge in [-0.1, -0.05) is 24.1 Å². The van der Waals surface area contributed by atoms with E-state index in [-0.39, 0.29) is 11.9 Å². The number of allylic oxidation sites excluding steroid dienone is 1. The molecule has 3 heteroatoms. The van der Waals surface area contributed by atoms with Crippen molar-refractivity contribution in [2.75, 3.05) is 0 Å². The number of hydrazine groups is 1. The van der Waals surface area contributed by atoms with E-state index >= 15 is 0 Å². The van der Waals surface area contributed by atoms with Gasteiger partial charge in [0.1, 0.15) is 5.82 Å². The molecule has 3 N–H and O–H groups in total. The van der Waals surface area contributed by atoms with Crippen LogP contribution in [0, 0.1) is 12.7 Å². The monoisotopic (exact) mass is 248 g/mol. The number of hydrogen-bond donors (Lipinski definition) is 2. The second kappa shape index (κ2) is 6.12. The van der Waals surface area contributed by atoms with Crippen LogP contribution in [0.3, 0.4) is 0 Å². The summed E-state index contributed by atoms with van der Waals surface area (Å²) in [5.41, 5.74) is 6.25. The zero-order valence-corrected chi connectivity index (χ0v) is 10.9. The van der Waals surface area contributed by atoms with Crippen LogP contribution in [0.1, 0.15) is 49.3 Å². The Balaban J connectivity index is 2.29. The van der Waals surface area contributed by atoms with E-state index in [9.17, 15) is 4.39 Å². The van der Waals surface area contributed by atoms with E-state index in [1.165, 1.54) is 30.9 Å². The molecular weight excluding hydrogens is 227 g/mol. The van der Waals surface area contributed by atoms with Crippen molar-refractivity contribution in [2.24, 2.45) is 5.84 Å². The van der Waals surface area contributed by atoms with Gasteiger partial charge in [0.05, 0.1) is 6.04 Å². The summed E-state index contributed by atoms with van der Waals surface area (Å²) in [6.45, 7) is 1.93. The normalized spacial score (nSPS) is 18.1. The number of nitrogens with one attached hydrogen (secondary N) is 1. The van der Waals surface area contributed by atoms with Gasteiger partial charge in [0.15, 0.2) is 0 Å². The summed E-state index contributed by atoms with van der Waals surface area (Å²) in [5, 5.41) is 0. The number of hydrogen-bond acceptors (Lipinski definition) is 2. The van der Waals surface area contributed by atoms with Crippen LogP contribution in [0.5, 0.6) is 0 Å². The van der Waals surface area contributed by atoms with E-state index in [0.717, 1.165) is 24.0 Å². The van der Waals surface area contributed by atoms with Crippen LogP contribution in [0.25, 0.3) is 0 Å². The van der Waals surface area contributed by atoms with Gasteiger partial charge in [-0.05, 0) is 55.9 Å². The second-order valence-electron chi connectivity index (χ2n) is 4.98. The van der Waals surface area contributed by atoms with E-state index in [2.05, 4.69) is 11.5 Å². The van der Waals surface area contributed by atoms with E-state index in [4.69, 9.17) is 5.84 Å². The average molecular weight is 248 g/mol. The number of aryl methyl sites for hydroxylation is 1. The minimum Gasteiger partial charge on any atom is -0.271 e. The van der Waals surface area contributed by atoms with Crippen molar-refractivity contribution in [1.29, 1.82) is 0 Å². The summed E-state index contributed by atoms with van der Waals surface area (Å²) in [4.78, 5) is 0. The number of halogens is 1. The largest absolute Gasteiger partial charge is 0.271 e. The Hall–Kier alpha value is -1.19. The Bertz CT molecular complexity index is 440. The molecule has 1 aromatic rings. The highest BCUT2D eigenvalue weighted by atomic mass is 19.1. The highest BCUT2D eigenvalue weighted by molar-refractivity contribution is 5.35. The molecule has 1 aliphatic carbocycles. The zero-order valence-electron chi connectivity index (χ0n) is 10.9. The van der Waals surface area contributed by atoms with Gasteiger partial charge in [-0.15, -0.1) is 0 Å². The maximum atomic E-state index is 13.2. The third kappa shape index (κ3) is 2.98. The summed E-state index contributed by atoms with van der Waals surface area (Å²) >= 11 is 0. The van der Waals surface area contributed by atoms with Crippen LogP contribution < -0.4 is 11.3 Å². The van der Waals surface area contributed by atoms with Crippen molar-refractivity contribution < 1.29 is 4.39 Å². The van der Waals surface area contributed by atoms with Crippen LogP contribution in [-0.2, 0) is 0 Å². The summed E-state index contributed by atoms with van der Waals surface area (Å²) in [6.07, 6.45) is 8.23. The smallest absolute Gasteiger partial charge is 0.123 e. The molecular formula is C15H21FN2. The first-order chi connectivity index (χ1) is 8.72. The lowest BCUT2D eigenvalue weighted by Crippen LogP contribution is -2.30. The molecule has 1 aromatic carbocycles. The first kappa shape index (κ1) is 13.2. The van der Waals surface area contributed by atoms with Crippen LogP contribution in [-0.4, -0.2) is 0 Å². The highest BCUT2D eigenvalue weighted by Crippen LogP contribution is 2.30. The molecule has 0 aliphatic heterocycles. The minimum atomic E-state index is -0.193. The van der Waals surface area contributed by atoms with Gasteiger partial charge < -0.3 is 0 Å². The van der Waals surface area contributed by atoms with E-state index in [1.807, 2.05) is 13.0 Å². The molecule has 1 aliphatic rings. The minimum absolute atomic E-state index is 0.0173. The Kier molecular flexibility index (Phi) is 4.50. The van der Waals surface area contributed by atoms with Gasteiger partial charge in [-0.2, -0.15) is 0 Å². The molecule has 2 nitrogen and oxygen atoms in total. The lowest BCUT2D eigenvalue weighted by molar-refractivity contribution is 0.584. The molecule has 0 fully saturated rings. The van der Waals surface area contributed by atoms with Crippen LogP contribution in [0.4, 0.5) is 4.39 Å². The van der Waals surface area contributed by atoms with Crippen molar-refractivity contribution in [3.05, 3.63) is 46.8 Å². The standard InChI is InChI=1S/C15H21FN2/c1-11-10-13(16)8-9-14(11)15(18-17)12-6-4-2-3-5-7-12/h6,8-10,15,18H,2-5,7,17H2,1H3. The van der Waals surface area contributed by atoms with Crippen molar-refractivity contribution in [2.45, 2.75) is 45.1 Å². The fraction of sp³-hybridized carbons (Fsp3) is 0.467. The van der Waals surface area contributed by atoms with Crippen molar-refractivity contribution in [1.82, 2.24) is 5.43 Å². The molecule has 0 amide bonds. The summed E-state index contributed by atoms with van der Waals surface area (Å²) in [5.74, 6) is 5.52. The first-order valence-corrected chi connectivity index (χ1v) is 6.63. The lowest BCUT2D eigenvalue weighted by atomic mass is 9.92. The van der Waals surface area contributed by atoms with Crippen molar-refractivity contribution in [3.63, 3.8) is 0 Å². The van der Waals surface area contributed by atoms with Crippen molar-refractivity contribution in [3.8, 4) is 0 Å². The van der Waals surface area contributed by atoms with Gasteiger partial charge in [0.25, 0.3) is 0 Å². The Morgan fingerprint density at radius 3 is 2.83 bits per heavy atom. The van der Waals surface area contributed by atoms with Gasteiger partial charge in [0, 0.05) is 0 Å². The van der Waals surface area contributed by atoms with E-state index in [1.54, 1.807) is 6.07 Å². The number of benzene rings is 1. The van der Waals surface area contributed by atoms with Crippen LogP contribution in [0.15, 0.2) is 29.8 Å². The molecule has 0 heterocycles. The molecule has 0 aromatic heterocycles. The molecule has 18 heavy (non-hydrogen) atoms. The average Bonchev–Trinajstić information content (AvgIpc) is 2.62. The van der Waals surface area contributed by atoms with Crippen molar-refractivity contribution >= 4 is 0 Å². The second-order valence-corrected chi connectivity index (χ2v) is 4.98. The van der Waals surface area contributed by atoms with E-state index < -0.39 is 0 Å². The lowest BCUT2D eigenvalue weighted by Gasteiger charge is -2.21. The quantitative estimate of drug-likeness (QED) is 0.488. The van der Waals surface area contributed by atoms with Crippen LogP contribution in [0.2, 0.25) is 0 Å². The van der Waals surface area contributed by atoms with Gasteiger partial charge in [-0.25, -0.2) is 9.82 Å². The zero-order chi connectivity index (χ0) is 13.0. The predicted octanol–water partition coefficient (Wildman–Crippen LogP) is 3.53. The Morgan fingerprint density at radius 2 is 2.11 bits per heavy atom. The molecule has 98 valence electrons. The molecule has 0 bridgehead atoms. The molecule has 2 rings (SSSR count). The fourth-order valence-corrected chi connectivity index (χ4v) is 2.66. The SMILES string of the molecule is Cc1cc(F)ccc1C(NN)C1=CCCCCC1. The molecule has 1 atom stereocenters. The van der Waals surface area contributed by atoms with Gasteiger partial charge in [0.2, 0.25) is 0 Å². The molecule has 0 radical (unpaired) electrons. The highest BCUT2D eigenvalue weighted by Gasteiger charge is 2.18. The maximum absolute atomic E-state index is 13.2. The summed E-state index contributed by atoms with van der Waals surface area (Å²) in [6, 6.07) is 4.92. The first-order valence-electron chi connectivity index (χ1n) is 6.63.